The van der Waals surface area contributed by atoms with Gasteiger partial charge in [-0.3, -0.25) is 9.79 Å². The largest absolute Gasteiger partial charge is 0.396 e. The van der Waals surface area contributed by atoms with Crippen molar-refractivity contribution in [1.29, 1.82) is 0 Å². The molecule has 6 N–H and O–H groups in total. The van der Waals surface area contributed by atoms with Crippen LogP contribution >= 0.6 is 0 Å². The van der Waals surface area contributed by atoms with Gasteiger partial charge in [-0.05, 0) is 61.3 Å². The Morgan fingerprint density at radius 2 is 1.76 bits per heavy atom. The van der Waals surface area contributed by atoms with Crippen LogP contribution in [-0.2, 0) is 20.2 Å². The van der Waals surface area contributed by atoms with Crippen molar-refractivity contribution in [1.82, 2.24) is 9.62 Å². The molecular formula is C28H41N5O4S. The van der Waals surface area contributed by atoms with Gasteiger partial charge in [0.2, 0.25) is 15.9 Å². The van der Waals surface area contributed by atoms with E-state index in [1.807, 2.05) is 36.4 Å². The van der Waals surface area contributed by atoms with Crippen LogP contribution < -0.4 is 16.2 Å². The molecule has 9 nitrogen and oxygen atoms in total. The Balaban J connectivity index is 1.81. The van der Waals surface area contributed by atoms with Crippen LogP contribution in [0.25, 0.3) is 0 Å². The molecule has 2 aromatic carbocycles. The lowest BCUT2D eigenvalue weighted by atomic mass is 9.78. The van der Waals surface area contributed by atoms with Gasteiger partial charge >= 0.3 is 0 Å². The number of likely N-dealkylation sites (tertiary alicyclic amines) is 1. The van der Waals surface area contributed by atoms with E-state index >= 15 is 0 Å². The molecule has 1 heterocycles. The number of rotatable bonds is 12. The molecule has 208 valence electrons. The summed E-state index contributed by atoms with van der Waals surface area (Å²) in [7, 11) is -4.00. The van der Waals surface area contributed by atoms with Crippen LogP contribution in [0.3, 0.4) is 0 Å². The molecule has 1 fully saturated rings. The number of amides is 1. The van der Waals surface area contributed by atoms with Crippen molar-refractivity contribution in [2.45, 2.75) is 62.3 Å². The molecule has 1 aliphatic rings. The molecule has 0 aromatic heterocycles. The van der Waals surface area contributed by atoms with Gasteiger partial charge in [0.15, 0.2) is 5.96 Å². The fourth-order valence-corrected chi connectivity index (χ4v) is 6.18. The molecule has 1 amide bonds. The topological polar surface area (TPSA) is 151 Å². The SMILES string of the molecule is CC(C)(c1ccccc1)c1cccc(S(=O)(=O)N[C@@H](CCCN=C(N)N)C(=O)N2CCC(CCO)CC2)c1. The first-order chi connectivity index (χ1) is 18.0. The number of hydrogen-bond acceptors (Lipinski definition) is 5. The highest BCUT2D eigenvalue weighted by Gasteiger charge is 2.32. The highest BCUT2D eigenvalue weighted by molar-refractivity contribution is 7.89. The first-order valence-electron chi connectivity index (χ1n) is 13.2. The smallest absolute Gasteiger partial charge is 0.241 e. The summed E-state index contributed by atoms with van der Waals surface area (Å²) in [5, 5.41) is 9.23. The van der Waals surface area contributed by atoms with Crippen molar-refractivity contribution in [2.24, 2.45) is 22.4 Å². The first kappa shape index (κ1) is 29.6. The lowest BCUT2D eigenvalue weighted by molar-refractivity contribution is -0.134. The molecule has 0 unspecified atom stereocenters. The maximum Gasteiger partial charge on any atom is 0.241 e. The molecule has 0 radical (unpaired) electrons. The van der Waals surface area contributed by atoms with Gasteiger partial charge in [-0.1, -0.05) is 56.3 Å². The van der Waals surface area contributed by atoms with E-state index < -0.39 is 21.5 Å². The van der Waals surface area contributed by atoms with E-state index in [-0.39, 0.29) is 29.8 Å². The van der Waals surface area contributed by atoms with E-state index in [1.54, 1.807) is 23.1 Å². The predicted octanol–water partition coefficient (Wildman–Crippen LogP) is 2.33. The lowest BCUT2D eigenvalue weighted by Crippen LogP contribution is -2.50. The average molecular weight is 544 g/mol. The molecule has 0 aliphatic carbocycles. The Morgan fingerprint density at radius 1 is 1.11 bits per heavy atom. The molecule has 0 spiro atoms. The fourth-order valence-electron chi connectivity index (χ4n) is 4.91. The molecule has 38 heavy (non-hydrogen) atoms. The molecule has 1 atom stereocenters. The quantitative estimate of drug-likeness (QED) is 0.183. The van der Waals surface area contributed by atoms with E-state index in [9.17, 15) is 18.3 Å². The third-order valence-corrected chi connectivity index (χ3v) is 8.84. The van der Waals surface area contributed by atoms with Gasteiger partial charge in [0.25, 0.3) is 0 Å². The van der Waals surface area contributed by atoms with E-state index in [0.717, 1.165) is 24.0 Å². The van der Waals surface area contributed by atoms with E-state index in [4.69, 9.17) is 11.5 Å². The summed E-state index contributed by atoms with van der Waals surface area (Å²) in [5.74, 6) is 0.0792. The zero-order chi connectivity index (χ0) is 27.8. The zero-order valence-corrected chi connectivity index (χ0v) is 23.2. The van der Waals surface area contributed by atoms with Gasteiger partial charge < -0.3 is 21.5 Å². The number of aliphatic hydroxyl groups excluding tert-OH is 1. The van der Waals surface area contributed by atoms with Crippen molar-refractivity contribution in [3.05, 3.63) is 65.7 Å². The second-order valence-electron chi connectivity index (χ2n) is 10.4. The van der Waals surface area contributed by atoms with Crippen LogP contribution in [0.2, 0.25) is 0 Å². The highest BCUT2D eigenvalue weighted by atomic mass is 32.2. The van der Waals surface area contributed by atoms with E-state index in [1.165, 1.54) is 0 Å². The molecular weight excluding hydrogens is 502 g/mol. The molecule has 1 aliphatic heterocycles. The molecule has 10 heteroatoms. The van der Waals surface area contributed by atoms with Gasteiger partial charge in [0.1, 0.15) is 6.04 Å². The number of piperidine rings is 1. The molecule has 1 saturated heterocycles. The normalized spacial score (nSPS) is 15.7. The minimum Gasteiger partial charge on any atom is -0.396 e. The van der Waals surface area contributed by atoms with Gasteiger partial charge in [0, 0.05) is 31.7 Å². The van der Waals surface area contributed by atoms with Gasteiger partial charge in [-0.2, -0.15) is 4.72 Å². The fraction of sp³-hybridized carbons (Fsp3) is 0.500. The number of benzene rings is 2. The number of sulfonamides is 1. The number of nitrogens with zero attached hydrogens (tertiary/aromatic N) is 2. The van der Waals surface area contributed by atoms with E-state index in [0.29, 0.717) is 38.4 Å². The number of carbonyl (C=O) groups is 1. The van der Waals surface area contributed by atoms with Crippen LogP contribution in [0.4, 0.5) is 0 Å². The second kappa shape index (κ2) is 13.2. The summed E-state index contributed by atoms with van der Waals surface area (Å²) in [4.78, 5) is 19.3. The average Bonchev–Trinajstić information content (AvgIpc) is 2.91. The summed E-state index contributed by atoms with van der Waals surface area (Å²) in [6.07, 6.45) is 3.00. The first-order valence-corrected chi connectivity index (χ1v) is 14.7. The molecule has 2 aromatic rings. The Kier molecular flexibility index (Phi) is 10.3. The Bertz CT molecular complexity index is 1190. The zero-order valence-electron chi connectivity index (χ0n) is 22.3. The predicted molar refractivity (Wildman–Crippen MR) is 150 cm³/mol. The number of hydrogen-bond donors (Lipinski definition) is 4. The van der Waals surface area contributed by atoms with Gasteiger partial charge in [-0.15, -0.1) is 0 Å². The monoisotopic (exact) mass is 543 g/mol. The summed E-state index contributed by atoms with van der Waals surface area (Å²) in [5.41, 5.74) is 12.3. The maximum absolute atomic E-state index is 13.5. The summed E-state index contributed by atoms with van der Waals surface area (Å²) >= 11 is 0. The number of guanidine groups is 1. The Labute approximate surface area is 226 Å². The number of nitrogens with one attached hydrogen (secondary N) is 1. The number of carbonyl (C=O) groups excluding carboxylic acids is 1. The van der Waals surface area contributed by atoms with Gasteiger partial charge in [-0.25, -0.2) is 8.42 Å². The van der Waals surface area contributed by atoms with Crippen LogP contribution in [0.5, 0.6) is 0 Å². The standard InChI is InChI=1S/C28H41N5O4S/c1-28(2,22-8-4-3-5-9-22)23-10-6-11-24(20-23)38(36,37)32-25(12-7-16-31-27(29)30)26(35)33-17-13-21(14-18-33)15-19-34/h3-6,8-11,20-21,25,32,34H,7,12-19H2,1-2H3,(H4,29,30,31)/t25-/m0/s1. The van der Waals surface area contributed by atoms with E-state index in [2.05, 4.69) is 23.6 Å². The minimum atomic E-state index is -4.00. The van der Waals surface area contributed by atoms with Crippen molar-refractivity contribution in [3.63, 3.8) is 0 Å². The van der Waals surface area contributed by atoms with Crippen LogP contribution in [0.1, 0.15) is 57.1 Å². The summed E-state index contributed by atoms with van der Waals surface area (Å²) in [6.45, 7) is 5.61. The number of nitrogens with two attached hydrogens (primary N) is 2. The van der Waals surface area contributed by atoms with Crippen LogP contribution in [0, 0.1) is 5.92 Å². The number of aliphatic hydroxyl groups is 1. The van der Waals surface area contributed by atoms with Gasteiger partial charge in [0.05, 0.1) is 4.90 Å². The van der Waals surface area contributed by atoms with Crippen molar-refractivity contribution in [2.75, 3.05) is 26.2 Å². The third kappa shape index (κ3) is 7.78. The molecule has 0 bridgehead atoms. The highest BCUT2D eigenvalue weighted by Crippen LogP contribution is 2.32. The van der Waals surface area contributed by atoms with Crippen LogP contribution in [0.15, 0.2) is 64.5 Å². The third-order valence-electron chi connectivity index (χ3n) is 7.37. The Hall–Kier alpha value is -2.95. The van der Waals surface area contributed by atoms with Crippen molar-refractivity contribution >= 4 is 21.9 Å². The maximum atomic E-state index is 13.5. The Morgan fingerprint density at radius 3 is 2.39 bits per heavy atom. The van der Waals surface area contributed by atoms with Crippen molar-refractivity contribution in [3.8, 4) is 0 Å². The minimum absolute atomic E-state index is 0.0442. The lowest BCUT2D eigenvalue weighted by Gasteiger charge is -2.34. The second-order valence-corrected chi connectivity index (χ2v) is 12.1. The summed E-state index contributed by atoms with van der Waals surface area (Å²) in [6, 6.07) is 15.9. The number of aliphatic imine (C=N–C) groups is 1. The molecule has 3 rings (SSSR count). The summed E-state index contributed by atoms with van der Waals surface area (Å²) < 4.78 is 29.8. The molecule has 0 saturated carbocycles. The van der Waals surface area contributed by atoms with Crippen molar-refractivity contribution < 1.29 is 18.3 Å². The van der Waals surface area contributed by atoms with Crippen LogP contribution in [-0.4, -0.2) is 62.6 Å².